The van der Waals surface area contributed by atoms with Crippen LogP contribution in [0.15, 0.2) is 48.5 Å². The summed E-state index contributed by atoms with van der Waals surface area (Å²) in [5.41, 5.74) is 7.06. The van der Waals surface area contributed by atoms with Crippen LogP contribution in [-0.4, -0.2) is 22.8 Å². The molecular formula is C15H13N3O2. The van der Waals surface area contributed by atoms with Gasteiger partial charge in [-0.2, -0.15) is 4.68 Å². The number of benzene rings is 2. The number of aromatic nitrogens is 2. The molecule has 1 aromatic heterocycles. The molecule has 0 saturated carbocycles. The maximum Gasteiger partial charge on any atom is 0.278 e. The van der Waals surface area contributed by atoms with Gasteiger partial charge in [-0.15, -0.1) is 5.10 Å². The molecule has 3 aromatic rings. The molecule has 0 fully saturated rings. The van der Waals surface area contributed by atoms with Crippen molar-refractivity contribution in [1.29, 1.82) is 0 Å². The van der Waals surface area contributed by atoms with Crippen LogP contribution in [0, 0.1) is 0 Å². The van der Waals surface area contributed by atoms with Gasteiger partial charge in [-0.1, -0.05) is 12.1 Å². The number of carbonyl (C=O) groups excluding carboxylic acids is 1. The summed E-state index contributed by atoms with van der Waals surface area (Å²) in [6.07, 6.45) is 0. The summed E-state index contributed by atoms with van der Waals surface area (Å²) in [4.78, 5) is 12.5. The molecule has 0 atom stereocenters. The van der Waals surface area contributed by atoms with Gasteiger partial charge in [-0.3, -0.25) is 4.79 Å². The number of methoxy groups -OCH3 is 1. The van der Waals surface area contributed by atoms with Gasteiger partial charge in [0.15, 0.2) is 5.82 Å². The highest BCUT2D eigenvalue weighted by atomic mass is 16.5. The van der Waals surface area contributed by atoms with Crippen LogP contribution < -0.4 is 10.5 Å². The van der Waals surface area contributed by atoms with Crippen LogP contribution >= 0.6 is 0 Å². The second kappa shape index (κ2) is 4.70. The summed E-state index contributed by atoms with van der Waals surface area (Å²) < 4.78 is 6.40. The number of fused-ring (bicyclic) bond motifs is 1. The summed E-state index contributed by atoms with van der Waals surface area (Å²) in [6.45, 7) is 0. The van der Waals surface area contributed by atoms with Crippen molar-refractivity contribution < 1.29 is 9.53 Å². The molecule has 20 heavy (non-hydrogen) atoms. The Morgan fingerprint density at radius 2 is 1.85 bits per heavy atom. The maximum absolute atomic E-state index is 12.5. The average Bonchev–Trinajstić information content (AvgIpc) is 2.84. The minimum atomic E-state index is -0.222. The molecule has 0 aliphatic carbocycles. The molecule has 1 heterocycles. The Bertz CT molecular complexity index is 775. The van der Waals surface area contributed by atoms with E-state index in [2.05, 4.69) is 5.10 Å². The predicted octanol–water partition coefficient (Wildman–Crippen LogP) is 2.32. The lowest BCUT2D eigenvalue weighted by molar-refractivity contribution is 0.0951. The molecule has 2 N–H and O–H groups in total. The summed E-state index contributed by atoms with van der Waals surface area (Å²) in [5.74, 6) is 0.828. The first kappa shape index (κ1) is 12.2. The number of hydrogen-bond acceptors (Lipinski definition) is 4. The summed E-state index contributed by atoms with van der Waals surface area (Å²) in [7, 11) is 1.58. The fraction of sp³-hybridized carbons (Fsp3) is 0.0667. The monoisotopic (exact) mass is 267 g/mol. The van der Waals surface area contributed by atoms with Crippen molar-refractivity contribution in [2.24, 2.45) is 0 Å². The van der Waals surface area contributed by atoms with Gasteiger partial charge in [0.25, 0.3) is 5.91 Å². The van der Waals surface area contributed by atoms with Gasteiger partial charge in [0.05, 0.1) is 12.6 Å². The molecule has 0 unspecified atom stereocenters. The molecule has 0 amide bonds. The van der Waals surface area contributed by atoms with Crippen molar-refractivity contribution in [2.45, 2.75) is 0 Å². The highest BCUT2D eigenvalue weighted by Crippen LogP contribution is 2.21. The molecule has 0 aliphatic heterocycles. The topological polar surface area (TPSA) is 70.1 Å². The van der Waals surface area contributed by atoms with Gasteiger partial charge in [-0.05, 0) is 36.4 Å². The van der Waals surface area contributed by atoms with E-state index >= 15 is 0 Å². The fourth-order valence-corrected chi connectivity index (χ4v) is 2.10. The number of rotatable bonds is 2. The van der Waals surface area contributed by atoms with Crippen molar-refractivity contribution in [3.05, 3.63) is 54.1 Å². The third-order valence-electron chi connectivity index (χ3n) is 3.15. The van der Waals surface area contributed by atoms with Crippen LogP contribution in [0.1, 0.15) is 10.4 Å². The quantitative estimate of drug-likeness (QED) is 0.773. The normalized spacial score (nSPS) is 10.7. The number of nitrogen functional groups attached to an aromatic ring is 1. The van der Waals surface area contributed by atoms with Crippen LogP contribution in [0.3, 0.4) is 0 Å². The molecule has 5 nitrogen and oxygen atoms in total. The number of carbonyl (C=O) groups is 1. The van der Waals surface area contributed by atoms with Crippen molar-refractivity contribution >= 4 is 22.6 Å². The standard InChI is InChI=1S/C15H13N3O2/c1-20-11-8-6-10(7-9-11)15(19)18-13-5-3-2-4-12(13)14(16)17-18/h2-9H,1H3,(H2,16,17). The summed E-state index contributed by atoms with van der Waals surface area (Å²) in [6, 6.07) is 14.3. The molecular weight excluding hydrogens is 254 g/mol. The van der Waals surface area contributed by atoms with Crippen molar-refractivity contribution in [1.82, 2.24) is 9.78 Å². The largest absolute Gasteiger partial charge is 0.497 e. The van der Waals surface area contributed by atoms with Crippen LogP contribution in [0.5, 0.6) is 5.75 Å². The lowest BCUT2D eigenvalue weighted by atomic mass is 10.2. The Kier molecular flexibility index (Phi) is 2.87. The molecule has 0 spiro atoms. The van der Waals surface area contributed by atoms with Gasteiger partial charge in [0, 0.05) is 10.9 Å². The Balaban J connectivity index is 2.08. The Labute approximate surface area is 115 Å². The van der Waals surface area contributed by atoms with E-state index in [9.17, 15) is 4.79 Å². The summed E-state index contributed by atoms with van der Waals surface area (Å²) in [5, 5.41) is 4.89. The maximum atomic E-state index is 12.5. The molecule has 3 rings (SSSR count). The van der Waals surface area contributed by atoms with Gasteiger partial charge >= 0.3 is 0 Å². The lowest BCUT2D eigenvalue weighted by Gasteiger charge is -2.03. The Morgan fingerprint density at radius 3 is 2.55 bits per heavy atom. The van der Waals surface area contributed by atoms with Crippen LogP contribution in [0.2, 0.25) is 0 Å². The number of para-hydroxylation sites is 1. The van der Waals surface area contributed by atoms with E-state index in [0.717, 1.165) is 5.39 Å². The zero-order valence-electron chi connectivity index (χ0n) is 10.9. The first-order valence-corrected chi connectivity index (χ1v) is 6.12. The van der Waals surface area contributed by atoms with Crippen LogP contribution in [0.25, 0.3) is 10.9 Å². The molecule has 0 bridgehead atoms. The van der Waals surface area contributed by atoms with Crippen LogP contribution in [-0.2, 0) is 0 Å². The Hall–Kier alpha value is -2.82. The third kappa shape index (κ3) is 1.89. The minimum absolute atomic E-state index is 0.222. The van der Waals surface area contributed by atoms with Gasteiger partial charge < -0.3 is 10.5 Å². The Morgan fingerprint density at radius 1 is 1.15 bits per heavy atom. The van der Waals surface area contributed by atoms with E-state index < -0.39 is 0 Å². The average molecular weight is 267 g/mol. The number of hydrogen-bond donors (Lipinski definition) is 1. The van der Waals surface area contributed by atoms with E-state index in [1.54, 1.807) is 31.4 Å². The SMILES string of the molecule is COc1ccc(C(=O)n2nc(N)c3ccccc32)cc1. The number of ether oxygens (including phenoxy) is 1. The number of nitrogens with two attached hydrogens (primary N) is 1. The zero-order valence-corrected chi connectivity index (χ0v) is 10.9. The smallest absolute Gasteiger partial charge is 0.278 e. The van der Waals surface area contributed by atoms with Gasteiger partial charge in [0.1, 0.15) is 5.75 Å². The fourth-order valence-electron chi connectivity index (χ4n) is 2.10. The predicted molar refractivity (Wildman–Crippen MR) is 76.9 cm³/mol. The van der Waals surface area contributed by atoms with E-state index in [-0.39, 0.29) is 5.91 Å². The van der Waals surface area contributed by atoms with E-state index in [1.807, 2.05) is 24.3 Å². The minimum Gasteiger partial charge on any atom is -0.497 e. The number of nitrogens with zero attached hydrogens (tertiary/aromatic N) is 2. The summed E-state index contributed by atoms with van der Waals surface area (Å²) >= 11 is 0. The first-order valence-electron chi connectivity index (χ1n) is 6.12. The number of anilines is 1. The van der Waals surface area contributed by atoms with Crippen molar-refractivity contribution in [3.8, 4) is 5.75 Å². The highest BCUT2D eigenvalue weighted by Gasteiger charge is 2.15. The first-order chi connectivity index (χ1) is 9.70. The molecule has 0 saturated heterocycles. The molecule has 5 heteroatoms. The van der Waals surface area contributed by atoms with Crippen LogP contribution in [0.4, 0.5) is 5.82 Å². The second-order valence-corrected chi connectivity index (χ2v) is 4.35. The second-order valence-electron chi connectivity index (χ2n) is 4.35. The van der Waals surface area contributed by atoms with Gasteiger partial charge in [-0.25, -0.2) is 0 Å². The van der Waals surface area contributed by atoms with Crippen molar-refractivity contribution in [3.63, 3.8) is 0 Å². The molecule has 100 valence electrons. The van der Waals surface area contributed by atoms with E-state index in [0.29, 0.717) is 22.6 Å². The van der Waals surface area contributed by atoms with Gasteiger partial charge in [0.2, 0.25) is 0 Å². The van der Waals surface area contributed by atoms with Crippen molar-refractivity contribution in [2.75, 3.05) is 12.8 Å². The molecule has 0 aliphatic rings. The zero-order chi connectivity index (χ0) is 14.1. The van der Waals surface area contributed by atoms with E-state index in [1.165, 1.54) is 4.68 Å². The molecule has 2 aromatic carbocycles. The molecule has 0 radical (unpaired) electrons. The highest BCUT2D eigenvalue weighted by molar-refractivity contribution is 6.03. The lowest BCUT2D eigenvalue weighted by Crippen LogP contribution is -2.13. The third-order valence-corrected chi connectivity index (χ3v) is 3.15. The van der Waals surface area contributed by atoms with E-state index in [4.69, 9.17) is 10.5 Å².